The van der Waals surface area contributed by atoms with Crippen molar-refractivity contribution in [3.8, 4) is 11.5 Å². The van der Waals surface area contributed by atoms with Crippen molar-refractivity contribution in [3.05, 3.63) is 90.1 Å². The minimum Gasteiger partial charge on any atom is -0.451 e. The normalized spacial score (nSPS) is 11.1. The van der Waals surface area contributed by atoms with Gasteiger partial charge in [0, 0.05) is 18.5 Å². The molecule has 0 bridgehead atoms. The number of rotatable bonds is 7. The molecule has 155 valence electrons. The van der Waals surface area contributed by atoms with Gasteiger partial charge in [-0.05, 0) is 54.3 Å². The van der Waals surface area contributed by atoms with E-state index >= 15 is 0 Å². The lowest BCUT2D eigenvalue weighted by molar-refractivity contribution is 0.265. The Morgan fingerprint density at radius 1 is 1.13 bits per heavy atom. The molecule has 3 rings (SSSR count). The van der Waals surface area contributed by atoms with Gasteiger partial charge in [-0.25, -0.2) is 8.78 Å². The zero-order valence-electron chi connectivity index (χ0n) is 15.4. The predicted molar refractivity (Wildman–Crippen MR) is 106 cm³/mol. The molecule has 10 heteroatoms. The monoisotopic (exact) mass is 432 g/mol. The summed E-state index contributed by atoms with van der Waals surface area (Å²) in [5.41, 5.74) is 5.74. The molecule has 1 radical (unpaired) electrons. The minimum atomic E-state index is -4.42. The summed E-state index contributed by atoms with van der Waals surface area (Å²) in [5, 5.41) is -1.57. The molecule has 1 amide bonds. The Balaban J connectivity index is 1.81. The second-order valence-electron chi connectivity index (χ2n) is 6.10. The number of halogens is 2. The van der Waals surface area contributed by atoms with Crippen molar-refractivity contribution in [2.75, 3.05) is 4.72 Å². The number of aromatic nitrogens is 1. The standard InChI is InChI=1S/C20H16F2N3O4S/c21-17-7-6-14(5-4-13-8-10-24-11-9-13)18(22)19(17)29-16-3-1-2-15(12-16)25-30(27,28)20(23)26/h1-3,5-12,25H,4H2,(H2,23,26). The zero-order chi connectivity index (χ0) is 21.7. The lowest BCUT2D eigenvalue weighted by atomic mass is 10.0. The Morgan fingerprint density at radius 3 is 2.57 bits per heavy atom. The molecule has 3 aromatic rings. The van der Waals surface area contributed by atoms with Crippen LogP contribution in [0.2, 0.25) is 0 Å². The maximum atomic E-state index is 14.8. The summed E-state index contributed by atoms with van der Waals surface area (Å²) in [7, 11) is -4.42. The lowest BCUT2D eigenvalue weighted by Gasteiger charge is -2.12. The molecule has 0 atom stereocenters. The van der Waals surface area contributed by atoms with E-state index in [0.29, 0.717) is 6.42 Å². The topological polar surface area (TPSA) is 111 Å². The van der Waals surface area contributed by atoms with E-state index in [-0.39, 0.29) is 17.0 Å². The molecule has 0 fully saturated rings. The molecule has 3 N–H and O–H groups in total. The largest absolute Gasteiger partial charge is 0.451 e. The van der Waals surface area contributed by atoms with E-state index < -0.39 is 32.6 Å². The Hall–Kier alpha value is -3.53. The fourth-order valence-electron chi connectivity index (χ4n) is 2.49. The number of amides is 1. The molecule has 0 saturated heterocycles. The summed E-state index contributed by atoms with van der Waals surface area (Å²) in [6.07, 6.45) is 5.19. The third-order valence-corrected chi connectivity index (χ3v) is 4.99. The molecule has 0 saturated carbocycles. The summed E-state index contributed by atoms with van der Waals surface area (Å²) in [4.78, 5) is 14.8. The quantitative estimate of drug-likeness (QED) is 0.590. The number of sulfonamides is 1. The number of ether oxygens (including phenoxy) is 1. The number of anilines is 1. The highest BCUT2D eigenvalue weighted by Crippen LogP contribution is 2.32. The molecule has 1 aromatic heterocycles. The van der Waals surface area contributed by atoms with Crippen LogP contribution in [-0.4, -0.2) is 18.6 Å². The van der Waals surface area contributed by atoms with E-state index in [1.165, 1.54) is 24.3 Å². The van der Waals surface area contributed by atoms with E-state index in [0.717, 1.165) is 17.7 Å². The van der Waals surface area contributed by atoms with Crippen LogP contribution in [0.4, 0.5) is 19.3 Å². The van der Waals surface area contributed by atoms with Gasteiger partial charge in [0.2, 0.25) is 0 Å². The second kappa shape index (κ2) is 8.87. The number of nitrogens with zero attached hydrogens (tertiary/aromatic N) is 1. The minimum absolute atomic E-state index is 0.0521. The van der Waals surface area contributed by atoms with Crippen molar-refractivity contribution in [1.82, 2.24) is 4.98 Å². The van der Waals surface area contributed by atoms with E-state index in [1.807, 2.05) is 4.72 Å². The SMILES string of the molecule is NC(=O)S(=O)(=O)Nc1cccc(Oc2c(F)ccc([CH]Cc3ccncc3)c2F)c1. The first-order valence-corrected chi connectivity index (χ1v) is 10.0. The fourth-order valence-corrected chi connectivity index (χ4v) is 3.03. The van der Waals surface area contributed by atoms with E-state index in [2.05, 4.69) is 4.98 Å². The number of hydrogen-bond acceptors (Lipinski definition) is 5. The average molecular weight is 432 g/mol. The molecular formula is C20H16F2N3O4S. The highest BCUT2D eigenvalue weighted by molar-refractivity contribution is 8.07. The van der Waals surface area contributed by atoms with Crippen LogP contribution in [0.5, 0.6) is 11.5 Å². The highest BCUT2D eigenvalue weighted by Gasteiger charge is 2.19. The average Bonchev–Trinajstić information content (AvgIpc) is 2.71. The van der Waals surface area contributed by atoms with E-state index in [1.54, 1.807) is 30.9 Å². The number of benzene rings is 2. The number of pyridine rings is 1. The molecule has 2 aromatic carbocycles. The van der Waals surface area contributed by atoms with Crippen molar-refractivity contribution in [3.63, 3.8) is 0 Å². The molecule has 0 aliphatic rings. The van der Waals surface area contributed by atoms with Crippen LogP contribution in [0.25, 0.3) is 0 Å². The van der Waals surface area contributed by atoms with Gasteiger partial charge in [0.1, 0.15) is 5.75 Å². The van der Waals surface area contributed by atoms with Crippen LogP contribution < -0.4 is 15.2 Å². The van der Waals surface area contributed by atoms with Gasteiger partial charge in [-0.2, -0.15) is 8.42 Å². The highest BCUT2D eigenvalue weighted by atomic mass is 32.2. The van der Waals surface area contributed by atoms with Gasteiger partial charge >= 0.3 is 15.3 Å². The maximum Gasteiger partial charge on any atom is 0.354 e. The van der Waals surface area contributed by atoms with Gasteiger partial charge < -0.3 is 10.5 Å². The fraction of sp³-hybridized carbons (Fsp3) is 0.0500. The maximum absolute atomic E-state index is 14.8. The van der Waals surface area contributed by atoms with Crippen LogP contribution in [0.3, 0.4) is 0 Å². The summed E-state index contributed by atoms with van der Waals surface area (Å²) < 4.78 is 59.4. The second-order valence-corrected chi connectivity index (χ2v) is 7.71. The number of hydrogen-bond donors (Lipinski definition) is 2. The van der Waals surface area contributed by atoms with E-state index in [9.17, 15) is 22.0 Å². The summed E-state index contributed by atoms with van der Waals surface area (Å²) >= 11 is 0. The summed E-state index contributed by atoms with van der Waals surface area (Å²) in [6, 6.07) is 11.1. The molecule has 0 spiro atoms. The van der Waals surface area contributed by atoms with Gasteiger partial charge in [0.15, 0.2) is 17.4 Å². The number of carbonyl (C=O) groups is 1. The molecule has 7 nitrogen and oxygen atoms in total. The van der Waals surface area contributed by atoms with Crippen LogP contribution in [0.1, 0.15) is 11.1 Å². The van der Waals surface area contributed by atoms with Crippen molar-refractivity contribution in [2.45, 2.75) is 6.42 Å². The molecule has 0 unspecified atom stereocenters. The van der Waals surface area contributed by atoms with Crippen molar-refractivity contribution >= 4 is 20.9 Å². The zero-order valence-corrected chi connectivity index (χ0v) is 16.2. The van der Waals surface area contributed by atoms with Crippen molar-refractivity contribution < 1.29 is 26.7 Å². The lowest BCUT2D eigenvalue weighted by Crippen LogP contribution is -2.28. The first-order chi connectivity index (χ1) is 14.3. The molecular weight excluding hydrogens is 416 g/mol. The Kier molecular flexibility index (Phi) is 6.26. The van der Waals surface area contributed by atoms with Gasteiger partial charge in [-0.3, -0.25) is 14.5 Å². The molecule has 0 aliphatic heterocycles. The first-order valence-electron chi connectivity index (χ1n) is 8.56. The molecule has 1 heterocycles. The number of carbonyl (C=O) groups excluding carboxylic acids is 1. The van der Waals surface area contributed by atoms with Gasteiger partial charge in [0.25, 0.3) is 0 Å². The molecule has 30 heavy (non-hydrogen) atoms. The predicted octanol–water partition coefficient (Wildman–Crippen LogP) is 3.77. The third kappa shape index (κ3) is 5.09. The van der Waals surface area contributed by atoms with Gasteiger partial charge in [-0.1, -0.05) is 12.1 Å². The van der Waals surface area contributed by atoms with Crippen molar-refractivity contribution in [1.29, 1.82) is 0 Å². The third-order valence-electron chi connectivity index (χ3n) is 3.96. The smallest absolute Gasteiger partial charge is 0.354 e. The van der Waals surface area contributed by atoms with Crippen LogP contribution in [0, 0.1) is 18.1 Å². The van der Waals surface area contributed by atoms with Gasteiger partial charge in [0.05, 0.1) is 5.69 Å². The Morgan fingerprint density at radius 2 is 1.87 bits per heavy atom. The molecule has 0 aliphatic carbocycles. The first kappa shape index (κ1) is 21.2. The number of nitrogens with one attached hydrogen (secondary N) is 1. The number of primary amides is 1. The van der Waals surface area contributed by atoms with Crippen LogP contribution in [-0.2, 0) is 16.4 Å². The van der Waals surface area contributed by atoms with Crippen molar-refractivity contribution in [2.24, 2.45) is 5.73 Å². The van der Waals surface area contributed by atoms with Crippen LogP contribution >= 0.6 is 0 Å². The number of nitrogens with two attached hydrogens (primary N) is 1. The summed E-state index contributed by atoms with van der Waals surface area (Å²) in [6.45, 7) is 0. The van der Waals surface area contributed by atoms with Gasteiger partial charge in [-0.15, -0.1) is 0 Å². The van der Waals surface area contributed by atoms with Crippen LogP contribution in [0.15, 0.2) is 60.9 Å². The Labute approximate surface area is 171 Å². The van der Waals surface area contributed by atoms with E-state index in [4.69, 9.17) is 10.5 Å². The summed E-state index contributed by atoms with van der Waals surface area (Å²) in [5.74, 6) is -2.54. The Bertz CT molecular complexity index is 1170.